The zero-order valence-electron chi connectivity index (χ0n) is 14.7. The van der Waals surface area contributed by atoms with Crippen molar-refractivity contribution in [3.8, 4) is 5.75 Å². The Morgan fingerprint density at radius 3 is 2.44 bits per heavy atom. The summed E-state index contributed by atoms with van der Waals surface area (Å²) in [6.45, 7) is 4.27. The van der Waals surface area contributed by atoms with Gasteiger partial charge in [0, 0.05) is 18.4 Å². The first kappa shape index (κ1) is 18.3. The summed E-state index contributed by atoms with van der Waals surface area (Å²) >= 11 is 0. The Hall–Kier alpha value is -3.02. The number of rotatable bonds is 6. The number of hydrogen-bond acceptors (Lipinski definition) is 3. The number of ether oxygens (including phenoxy) is 1. The number of amides is 3. The van der Waals surface area contributed by atoms with Gasteiger partial charge in [-0.25, -0.2) is 4.79 Å². The fraction of sp³-hybridized carbons (Fsp3) is 0.263. The monoisotopic (exact) mass is 341 g/mol. The third-order valence-electron chi connectivity index (χ3n) is 3.56. The fourth-order valence-corrected chi connectivity index (χ4v) is 2.21. The molecule has 0 aromatic heterocycles. The van der Waals surface area contributed by atoms with E-state index in [0.29, 0.717) is 18.0 Å². The lowest BCUT2D eigenvalue weighted by Crippen LogP contribution is -2.24. The van der Waals surface area contributed by atoms with Crippen LogP contribution in [0.3, 0.4) is 0 Å². The van der Waals surface area contributed by atoms with E-state index in [0.717, 1.165) is 16.9 Å². The van der Waals surface area contributed by atoms with Crippen LogP contribution in [0.25, 0.3) is 0 Å². The van der Waals surface area contributed by atoms with Gasteiger partial charge in [0.05, 0.1) is 13.0 Å². The summed E-state index contributed by atoms with van der Waals surface area (Å²) in [6, 6.07) is 12.6. The second-order valence-electron chi connectivity index (χ2n) is 5.70. The van der Waals surface area contributed by atoms with Crippen molar-refractivity contribution in [2.45, 2.75) is 20.3 Å². The van der Waals surface area contributed by atoms with Gasteiger partial charge in [-0.3, -0.25) is 4.79 Å². The first-order chi connectivity index (χ1) is 12.0. The van der Waals surface area contributed by atoms with Crippen LogP contribution in [0.1, 0.15) is 17.5 Å². The zero-order chi connectivity index (χ0) is 18.2. The summed E-state index contributed by atoms with van der Waals surface area (Å²) in [5.74, 6) is 0.645. The number of hydrogen-bond donors (Lipinski definition) is 3. The molecule has 0 atom stereocenters. The van der Waals surface area contributed by atoms with Gasteiger partial charge in [0.15, 0.2) is 0 Å². The van der Waals surface area contributed by atoms with E-state index in [-0.39, 0.29) is 18.4 Å². The average Bonchev–Trinajstić information content (AvgIpc) is 2.58. The van der Waals surface area contributed by atoms with Crippen molar-refractivity contribution in [3.05, 3.63) is 53.6 Å². The van der Waals surface area contributed by atoms with Gasteiger partial charge >= 0.3 is 6.03 Å². The van der Waals surface area contributed by atoms with E-state index < -0.39 is 0 Å². The van der Waals surface area contributed by atoms with Crippen molar-refractivity contribution < 1.29 is 14.3 Å². The summed E-state index contributed by atoms with van der Waals surface area (Å²) in [5.41, 5.74) is 3.37. The second kappa shape index (κ2) is 8.73. The van der Waals surface area contributed by atoms with Crippen LogP contribution < -0.4 is 20.7 Å². The molecule has 0 spiro atoms. The smallest absolute Gasteiger partial charge is 0.318 e. The first-order valence-electron chi connectivity index (χ1n) is 8.06. The van der Waals surface area contributed by atoms with Crippen LogP contribution in [0.5, 0.6) is 5.75 Å². The van der Waals surface area contributed by atoms with Crippen molar-refractivity contribution in [2.24, 2.45) is 0 Å². The maximum absolute atomic E-state index is 12.1. The number of aryl methyl sites for hydroxylation is 2. The minimum absolute atomic E-state index is 0.151. The number of carbonyl (C=O) groups is 2. The molecule has 6 nitrogen and oxygen atoms in total. The topological polar surface area (TPSA) is 79.5 Å². The summed E-state index contributed by atoms with van der Waals surface area (Å²) in [5, 5.41) is 7.92. The molecule has 0 bridgehead atoms. The summed E-state index contributed by atoms with van der Waals surface area (Å²) in [7, 11) is 1.54. The highest BCUT2D eigenvalue weighted by atomic mass is 16.5. The lowest BCUT2D eigenvalue weighted by atomic mass is 10.1. The van der Waals surface area contributed by atoms with Gasteiger partial charge in [0.1, 0.15) is 5.75 Å². The van der Waals surface area contributed by atoms with Gasteiger partial charge in [0.25, 0.3) is 0 Å². The van der Waals surface area contributed by atoms with Gasteiger partial charge in [0.2, 0.25) is 5.91 Å². The Labute approximate surface area is 147 Å². The van der Waals surface area contributed by atoms with Crippen LogP contribution in [-0.4, -0.2) is 25.6 Å². The van der Waals surface area contributed by atoms with Crippen molar-refractivity contribution >= 4 is 23.3 Å². The number of anilines is 2. The van der Waals surface area contributed by atoms with Crippen LogP contribution in [-0.2, 0) is 4.79 Å². The molecule has 0 fully saturated rings. The first-order valence-corrected chi connectivity index (χ1v) is 8.06. The van der Waals surface area contributed by atoms with Crippen LogP contribution in [0.15, 0.2) is 42.5 Å². The van der Waals surface area contributed by atoms with Crippen molar-refractivity contribution in [1.82, 2.24) is 5.32 Å². The van der Waals surface area contributed by atoms with Gasteiger partial charge in [-0.2, -0.15) is 0 Å². The van der Waals surface area contributed by atoms with Gasteiger partial charge < -0.3 is 20.7 Å². The molecule has 2 rings (SSSR count). The Morgan fingerprint density at radius 2 is 1.72 bits per heavy atom. The van der Waals surface area contributed by atoms with Crippen LogP contribution >= 0.6 is 0 Å². The van der Waals surface area contributed by atoms with Crippen LogP contribution in [0.4, 0.5) is 16.2 Å². The molecule has 2 aromatic rings. The Bertz CT molecular complexity index is 759. The molecule has 2 aromatic carbocycles. The zero-order valence-corrected chi connectivity index (χ0v) is 14.7. The number of nitrogens with one attached hydrogen (secondary N) is 3. The lowest BCUT2D eigenvalue weighted by Gasteiger charge is -2.11. The molecular weight excluding hydrogens is 318 g/mol. The average molecular weight is 341 g/mol. The van der Waals surface area contributed by atoms with Gasteiger partial charge in [-0.05, 0) is 49.2 Å². The SMILES string of the molecule is CNC(=O)Nc1cccc(NC(=O)CCOc2cc(C)ccc2C)c1. The maximum Gasteiger partial charge on any atom is 0.318 e. The number of urea groups is 1. The predicted octanol–water partition coefficient (Wildman–Crippen LogP) is 3.46. The molecule has 3 N–H and O–H groups in total. The minimum atomic E-state index is -0.314. The highest BCUT2D eigenvalue weighted by molar-refractivity contribution is 5.93. The second-order valence-corrected chi connectivity index (χ2v) is 5.70. The molecule has 0 unspecified atom stereocenters. The molecule has 3 amide bonds. The van der Waals surface area contributed by atoms with Crippen LogP contribution in [0.2, 0.25) is 0 Å². The van der Waals surface area contributed by atoms with Crippen molar-refractivity contribution in [3.63, 3.8) is 0 Å². The number of carbonyl (C=O) groups excluding carboxylic acids is 2. The van der Waals surface area contributed by atoms with Gasteiger partial charge in [-0.15, -0.1) is 0 Å². The standard InChI is InChI=1S/C19H23N3O3/c1-13-7-8-14(2)17(11-13)25-10-9-18(23)21-15-5-4-6-16(12-15)22-19(24)20-3/h4-8,11-12H,9-10H2,1-3H3,(H,21,23)(H2,20,22,24). The fourth-order valence-electron chi connectivity index (χ4n) is 2.21. The maximum atomic E-state index is 12.1. The minimum Gasteiger partial charge on any atom is -0.493 e. The van der Waals surface area contributed by atoms with Crippen LogP contribution in [0, 0.1) is 13.8 Å². The molecular formula is C19H23N3O3. The molecule has 0 aliphatic carbocycles. The molecule has 0 radical (unpaired) electrons. The molecule has 0 saturated carbocycles. The van der Waals surface area contributed by atoms with E-state index in [9.17, 15) is 9.59 Å². The summed E-state index contributed by atoms with van der Waals surface area (Å²) in [6.07, 6.45) is 0.237. The number of benzene rings is 2. The molecule has 6 heteroatoms. The highest BCUT2D eigenvalue weighted by Crippen LogP contribution is 2.19. The lowest BCUT2D eigenvalue weighted by molar-refractivity contribution is -0.116. The van der Waals surface area contributed by atoms with Gasteiger partial charge in [-0.1, -0.05) is 18.2 Å². The predicted molar refractivity (Wildman–Crippen MR) is 99.2 cm³/mol. The summed E-state index contributed by atoms with van der Waals surface area (Å²) in [4.78, 5) is 23.4. The Morgan fingerprint density at radius 1 is 1.00 bits per heavy atom. The highest BCUT2D eigenvalue weighted by Gasteiger charge is 2.06. The third-order valence-corrected chi connectivity index (χ3v) is 3.56. The van der Waals surface area contributed by atoms with Crippen molar-refractivity contribution in [1.29, 1.82) is 0 Å². The Kier molecular flexibility index (Phi) is 6.39. The normalized spacial score (nSPS) is 10.0. The third kappa shape index (κ3) is 5.84. The van der Waals surface area contributed by atoms with E-state index in [2.05, 4.69) is 16.0 Å². The Balaban J connectivity index is 1.85. The molecule has 25 heavy (non-hydrogen) atoms. The molecule has 0 saturated heterocycles. The van der Waals surface area contributed by atoms with Crippen molar-refractivity contribution in [2.75, 3.05) is 24.3 Å². The van der Waals surface area contributed by atoms with E-state index >= 15 is 0 Å². The van der Waals surface area contributed by atoms with E-state index in [1.807, 2.05) is 32.0 Å². The van der Waals surface area contributed by atoms with E-state index in [4.69, 9.17) is 4.74 Å². The molecule has 132 valence electrons. The molecule has 0 aliphatic rings. The quantitative estimate of drug-likeness (QED) is 0.753. The largest absolute Gasteiger partial charge is 0.493 e. The summed E-state index contributed by atoms with van der Waals surface area (Å²) < 4.78 is 5.69. The molecule has 0 heterocycles. The van der Waals surface area contributed by atoms with E-state index in [1.54, 1.807) is 24.3 Å². The molecule has 0 aliphatic heterocycles. The van der Waals surface area contributed by atoms with E-state index in [1.165, 1.54) is 7.05 Å².